The summed E-state index contributed by atoms with van der Waals surface area (Å²) >= 11 is 0. The second kappa shape index (κ2) is 9.95. The summed E-state index contributed by atoms with van der Waals surface area (Å²) in [6, 6.07) is 18.2. The Morgan fingerprint density at radius 1 is 1.09 bits per heavy atom. The van der Waals surface area contributed by atoms with E-state index < -0.39 is 0 Å². The fourth-order valence-electron chi connectivity index (χ4n) is 4.77. The van der Waals surface area contributed by atoms with Gasteiger partial charge in [0.25, 0.3) is 0 Å². The van der Waals surface area contributed by atoms with Crippen LogP contribution in [0.2, 0.25) is 0 Å². The molecule has 1 aliphatic rings. The molecule has 0 radical (unpaired) electrons. The molecule has 34 heavy (non-hydrogen) atoms. The summed E-state index contributed by atoms with van der Waals surface area (Å²) in [6.07, 6.45) is 7.16. The molecule has 7 heteroatoms. The van der Waals surface area contributed by atoms with Crippen molar-refractivity contribution in [3.8, 4) is 5.75 Å². The van der Waals surface area contributed by atoms with E-state index in [1.807, 2.05) is 30.3 Å². The van der Waals surface area contributed by atoms with Crippen molar-refractivity contribution in [1.29, 1.82) is 0 Å². The van der Waals surface area contributed by atoms with Gasteiger partial charge in [-0.15, -0.1) is 0 Å². The quantitative estimate of drug-likeness (QED) is 0.438. The second-order valence-corrected chi connectivity index (χ2v) is 8.67. The van der Waals surface area contributed by atoms with Crippen LogP contribution in [0.5, 0.6) is 5.75 Å². The molecule has 1 amide bonds. The van der Waals surface area contributed by atoms with Crippen molar-refractivity contribution >= 4 is 22.8 Å². The molecule has 5 rings (SSSR count). The van der Waals surface area contributed by atoms with Crippen molar-refractivity contribution in [1.82, 2.24) is 20.3 Å². The van der Waals surface area contributed by atoms with Gasteiger partial charge in [-0.1, -0.05) is 30.3 Å². The van der Waals surface area contributed by atoms with Crippen LogP contribution in [0.15, 0.2) is 73.2 Å². The molecule has 2 aromatic carbocycles. The van der Waals surface area contributed by atoms with Crippen LogP contribution in [0.25, 0.3) is 10.9 Å². The molecule has 0 saturated carbocycles. The van der Waals surface area contributed by atoms with Crippen molar-refractivity contribution in [3.05, 3.63) is 84.3 Å². The Morgan fingerprint density at radius 2 is 1.82 bits per heavy atom. The van der Waals surface area contributed by atoms with E-state index in [2.05, 4.69) is 55.6 Å². The molecule has 0 spiro atoms. The average Bonchev–Trinajstić information content (AvgIpc) is 3.34. The van der Waals surface area contributed by atoms with Gasteiger partial charge in [0.05, 0.1) is 7.11 Å². The standard InChI is InChI=1S/C27H29N5O2/c1-34-21-9-7-19(8-10-21)23(24-18-30-25-6-3-2-5-22(24)25)17-31-26(33)20-11-15-32(16-12-20)27-28-13-4-14-29-27/h2-10,13-14,18,20,23,30H,11-12,15-17H2,1H3,(H,31,33). The molecular weight excluding hydrogens is 426 g/mol. The number of fused-ring (bicyclic) bond motifs is 1. The number of anilines is 1. The predicted octanol–water partition coefficient (Wildman–Crippen LogP) is 4.13. The zero-order chi connectivity index (χ0) is 23.3. The van der Waals surface area contributed by atoms with Gasteiger partial charge in [0.2, 0.25) is 11.9 Å². The maximum absolute atomic E-state index is 13.1. The van der Waals surface area contributed by atoms with Crippen molar-refractivity contribution in [2.24, 2.45) is 5.92 Å². The number of aromatic amines is 1. The van der Waals surface area contributed by atoms with Crippen LogP contribution in [-0.4, -0.2) is 47.6 Å². The normalized spacial score (nSPS) is 15.3. The monoisotopic (exact) mass is 455 g/mol. The maximum atomic E-state index is 13.1. The number of hydrogen-bond donors (Lipinski definition) is 2. The van der Waals surface area contributed by atoms with E-state index in [1.165, 1.54) is 10.9 Å². The van der Waals surface area contributed by atoms with Gasteiger partial charge < -0.3 is 19.9 Å². The second-order valence-electron chi connectivity index (χ2n) is 8.67. The van der Waals surface area contributed by atoms with Crippen molar-refractivity contribution in [2.75, 3.05) is 31.6 Å². The number of amides is 1. The van der Waals surface area contributed by atoms with Crippen LogP contribution in [0.4, 0.5) is 5.95 Å². The Labute approximate surface area is 199 Å². The molecule has 1 unspecified atom stereocenters. The molecule has 3 heterocycles. The molecule has 1 saturated heterocycles. The van der Waals surface area contributed by atoms with Crippen molar-refractivity contribution in [2.45, 2.75) is 18.8 Å². The van der Waals surface area contributed by atoms with Gasteiger partial charge in [-0.25, -0.2) is 9.97 Å². The summed E-state index contributed by atoms with van der Waals surface area (Å²) in [7, 11) is 1.67. The Bertz CT molecular complexity index is 1230. The summed E-state index contributed by atoms with van der Waals surface area (Å²) < 4.78 is 5.34. The van der Waals surface area contributed by atoms with Gasteiger partial charge in [0.15, 0.2) is 0 Å². The van der Waals surface area contributed by atoms with Crippen LogP contribution >= 0.6 is 0 Å². The Morgan fingerprint density at radius 3 is 2.56 bits per heavy atom. The van der Waals surface area contributed by atoms with Crippen LogP contribution in [0.1, 0.15) is 29.9 Å². The van der Waals surface area contributed by atoms with Gasteiger partial charge in [-0.3, -0.25) is 4.79 Å². The first-order chi connectivity index (χ1) is 16.7. The highest BCUT2D eigenvalue weighted by Crippen LogP contribution is 2.31. The molecule has 0 aliphatic carbocycles. The van der Waals surface area contributed by atoms with E-state index in [9.17, 15) is 4.79 Å². The molecule has 0 bridgehead atoms. The number of carbonyl (C=O) groups is 1. The number of methoxy groups -OCH3 is 1. The van der Waals surface area contributed by atoms with Gasteiger partial charge in [0.1, 0.15) is 5.75 Å². The lowest BCUT2D eigenvalue weighted by Gasteiger charge is -2.31. The lowest BCUT2D eigenvalue weighted by Crippen LogP contribution is -2.42. The van der Waals surface area contributed by atoms with Gasteiger partial charge in [0, 0.05) is 61.0 Å². The first-order valence-corrected chi connectivity index (χ1v) is 11.7. The Balaban J connectivity index is 1.29. The fourth-order valence-corrected chi connectivity index (χ4v) is 4.77. The number of nitrogens with zero attached hydrogens (tertiary/aromatic N) is 3. The number of para-hydroxylation sites is 1. The summed E-state index contributed by atoms with van der Waals surface area (Å²) in [5.41, 5.74) is 3.41. The highest BCUT2D eigenvalue weighted by molar-refractivity contribution is 5.84. The molecule has 1 fully saturated rings. The number of benzene rings is 2. The molecule has 1 atom stereocenters. The van der Waals surface area contributed by atoms with E-state index in [0.717, 1.165) is 48.7 Å². The van der Waals surface area contributed by atoms with E-state index in [4.69, 9.17) is 4.74 Å². The Kier molecular flexibility index (Phi) is 6.42. The molecule has 174 valence electrons. The lowest BCUT2D eigenvalue weighted by molar-refractivity contribution is -0.125. The molecule has 1 aliphatic heterocycles. The number of hydrogen-bond acceptors (Lipinski definition) is 5. The zero-order valence-corrected chi connectivity index (χ0v) is 19.3. The fraction of sp³-hybridized carbons (Fsp3) is 0.296. The Hall–Kier alpha value is -3.87. The number of piperidine rings is 1. The first kappa shape index (κ1) is 21.9. The van der Waals surface area contributed by atoms with Crippen LogP contribution in [0.3, 0.4) is 0 Å². The molecule has 2 N–H and O–H groups in total. The smallest absolute Gasteiger partial charge is 0.225 e. The minimum atomic E-state index is -0.000511. The third kappa shape index (κ3) is 4.59. The molecule has 2 aromatic heterocycles. The molecular formula is C27H29N5O2. The average molecular weight is 456 g/mol. The van der Waals surface area contributed by atoms with Crippen LogP contribution in [-0.2, 0) is 4.79 Å². The van der Waals surface area contributed by atoms with Crippen molar-refractivity contribution in [3.63, 3.8) is 0 Å². The topological polar surface area (TPSA) is 83.1 Å². The number of H-pyrrole nitrogens is 1. The highest BCUT2D eigenvalue weighted by Gasteiger charge is 2.27. The third-order valence-corrected chi connectivity index (χ3v) is 6.70. The minimum Gasteiger partial charge on any atom is -0.497 e. The number of ether oxygens (including phenoxy) is 1. The number of aromatic nitrogens is 3. The largest absolute Gasteiger partial charge is 0.497 e. The SMILES string of the molecule is COc1ccc(C(CNC(=O)C2CCN(c3ncccn3)CC2)c2c[nH]c3ccccc23)cc1. The minimum absolute atomic E-state index is 0.000511. The van der Waals surface area contributed by atoms with Crippen LogP contribution < -0.4 is 15.0 Å². The lowest BCUT2D eigenvalue weighted by atomic mass is 9.90. The number of carbonyl (C=O) groups excluding carboxylic acids is 1. The van der Waals surface area contributed by atoms with E-state index in [1.54, 1.807) is 19.5 Å². The van der Waals surface area contributed by atoms with E-state index in [0.29, 0.717) is 6.54 Å². The summed E-state index contributed by atoms with van der Waals surface area (Å²) in [4.78, 5) is 27.3. The summed E-state index contributed by atoms with van der Waals surface area (Å²) in [6.45, 7) is 2.11. The zero-order valence-electron chi connectivity index (χ0n) is 19.3. The van der Waals surface area contributed by atoms with E-state index >= 15 is 0 Å². The molecule has 7 nitrogen and oxygen atoms in total. The number of nitrogens with one attached hydrogen (secondary N) is 2. The van der Waals surface area contributed by atoms with Crippen LogP contribution in [0, 0.1) is 5.92 Å². The van der Waals surface area contributed by atoms with Gasteiger partial charge in [-0.05, 0) is 48.2 Å². The molecule has 4 aromatic rings. The summed E-state index contributed by atoms with van der Waals surface area (Å²) in [5.74, 6) is 1.70. The van der Waals surface area contributed by atoms with E-state index in [-0.39, 0.29) is 17.7 Å². The van der Waals surface area contributed by atoms with Gasteiger partial charge in [-0.2, -0.15) is 0 Å². The van der Waals surface area contributed by atoms with Gasteiger partial charge >= 0.3 is 0 Å². The summed E-state index contributed by atoms with van der Waals surface area (Å²) in [5, 5.41) is 4.43. The maximum Gasteiger partial charge on any atom is 0.225 e. The highest BCUT2D eigenvalue weighted by atomic mass is 16.5. The third-order valence-electron chi connectivity index (χ3n) is 6.70. The number of rotatable bonds is 7. The van der Waals surface area contributed by atoms with Crippen molar-refractivity contribution < 1.29 is 9.53 Å². The first-order valence-electron chi connectivity index (χ1n) is 11.7. The predicted molar refractivity (Wildman–Crippen MR) is 133 cm³/mol.